The highest BCUT2D eigenvalue weighted by molar-refractivity contribution is 7.18. The molecule has 1 fully saturated rings. The summed E-state index contributed by atoms with van der Waals surface area (Å²) in [5.74, 6) is 0.767. The second-order valence-electron chi connectivity index (χ2n) is 5.85. The highest BCUT2D eigenvalue weighted by Gasteiger charge is 2.32. The topological polar surface area (TPSA) is 45.2 Å². The van der Waals surface area contributed by atoms with E-state index in [1.807, 2.05) is 37.1 Å². The lowest BCUT2D eigenvalue weighted by molar-refractivity contribution is -0.138. The molecule has 1 aromatic carbocycles. The first kappa shape index (κ1) is 14.5. The van der Waals surface area contributed by atoms with E-state index in [-0.39, 0.29) is 17.9 Å². The fraction of sp³-hybridized carbons (Fsp3) is 0.500. The van der Waals surface area contributed by atoms with Crippen LogP contribution in [0.3, 0.4) is 0 Å². The molecule has 0 aliphatic carbocycles. The van der Waals surface area contributed by atoms with Crippen molar-refractivity contribution in [3.05, 3.63) is 29.3 Å². The SMILES string of the molecule is CC(C(=O)N(C)C(C)c1nc2ccccc2s1)C1CNC1. The molecule has 1 aromatic heterocycles. The first-order chi connectivity index (χ1) is 10.1. The molecule has 2 heterocycles. The largest absolute Gasteiger partial charge is 0.336 e. The first-order valence-corrected chi connectivity index (χ1v) is 8.22. The molecule has 1 saturated heterocycles. The van der Waals surface area contributed by atoms with Crippen molar-refractivity contribution in [2.45, 2.75) is 19.9 Å². The van der Waals surface area contributed by atoms with Gasteiger partial charge in [-0.15, -0.1) is 11.3 Å². The predicted octanol–water partition coefficient (Wildman–Crippen LogP) is 2.67. The summed E-state index contributed by atoms with van der Waals surface area (Å²) in [7, 11) is 1.89. The van der Waals surface area contributed by atoms with E-state index in [1.54, 1.807) is 11.3 Å². The Morgan fingerprint density at radius 1 is 1.38 bits per heavy atom. The van der Waals surface area contributed by atoms with Crippen molar-refractivity contribution in [1.29, 1.82) is 0 Å². The Morgan fingerprint density at radius 3 is 2.71 bits per heavy atom. The molecule has 2 atom stereocenters. The van der Waals surface area contributed by atoms with E-state index in [1.165, 1.54) is 4.70 Å². The van der Waals surface area contributed by atoms with Crippen LogP contribution in [0.15, 0.2) is 24.3 Å². The smallest absolute Gasteiger partial charge is 0.226 e. The fourth-order valence-electron chi connectivity index (χ4n) is 2.61. The standard InChI is InChI=1S/C16H21N3OS/c1-10(12-8-17-9-12)16(20)19(3)11(2)15-18-13-6-4-5-7-14(13)21-15/h4-7,10-12,17H,8-9H2,1-3H3. The van der Waals surface area contributed by atoms with E-state index in [0.29, 0.717) is 5.92 Å². The number of thiazole rings is 1. The molecule has 0 bridgehead atoms. The quantitative estimate of drug-likeness (QED) is 0.944. The van der Waals surface area contributed by atoms with E-state index < -0.39 is 0 Å². The third-order valence-corrected chi connectivity index (χ3v) is 5.71. The van der Waals surface area contributed by atoms with Gasteiger partial charge in [-0.05, 0) is 38.1 Å². The summed E-state index contributed by atoms with van der Waals surface area (Å²) in [5, 5.41) is 4.24. The van der Waals surface area contributed by atoms with Crippen molar-refractivity contribution in [1.82, 2.24) is 15.2 Å². The number of rotatable bonds is 4. The van der Waals surface area contributed by atoms with Gasteiger partial charge in [-0.3, -0.25) is 4.79 Å². The van der Waals surface area contributed by atoms with Crippen molar-refractivity contribution in [3.8, 4) is 0 Å². The molecular formula is C16H21N3OS. The third-order valence-electron chi connectivity index (χ3n) is 4.51. The molecule has 0 spiro atoms. The minimum absolute atomic E-state index is 0.0189. The highest BCUT2D eigenvalue weighted by atomic mass is 32.1. The molecule has 0 radical (unpaired) electrons. The maximum absolute atomic E-state index is 12.6. The van der Waals surface area contributed by atoms with Crippen LogP contribution < -0.4 is 5.32 Å². The maximum atomic E-state index is 12.6. The van der Waals surface area contributed by atoms with Crippen LogP contribution in [-0.2, 0) is 4.79 Å². The lowest BCUT2D eigenvalue weighted by atomic mass is 9.88. The van der Waals surface area contributed by atoms with E-state index in [9.17, 15) is 4.79 Å². The van der Waals surface area contributed by atoms with Crippen LogP contribution in [0.25, 0.3) is 10.2 Å². The van der Waals surface area contributed by atoms with Crippen LogP contribution in [0.4, 0.5) is 0 Å². The molecule has 1 amide bonds. The van der Waals surface area contributed by atoms with Gasteiger partial charge in [0, 0.05) is 13.0 Å². The molecule has 0 saturated carbocycles. The molecule has 1 N–H and O–H groups in total. The zero-order valence-electron chi connectivity index (χ0n) is 12.7. The summed E-state index contributed by atoms with van der Waals surface area (Å²) in [4.78, 5) is 19.1. The van der Waals surface area contributed by atoms with E-state index in [2.05, 4.69) is 23.3 Å². The lowest BCUT2D eigenvalue weighted by Gasteiger charge is -2.35. The summed E-state index contributed by atoms with van der Waals surface area (Å²) >= 11 is 1.67. The minimum Gasteiger partial charge on any atom is -0.336 e. The Bertz CT molecular complexity index is 617. The van der Waals surface area contributed by atoms with Crippen LogP contribution in [0, 0.1) is 11.8 Å². The van der Waals surface area contributed by atoms with Gasteiger partial charge >= 0.3 is 0 Å². The van der Waals surface area contributed by atoms with Gasteiger partial charge in [-0.1, -0.05) is 19.1 Å². The Balaban J connectivity index is 1.76. The normalized spacial score (nSPS) is 18.2. The average Bonchev–Trinajstić information content (AvgIpc) is 2.86. The molecule has 5 heteroatoms. The van der Waals surface area contributed by atoms with E-state index in [4.69, 9.17) is 0 Å². The van der Waals surface area contributed by atoms with E-state index >= 15 is 0 Å². The molecule has 21 heavy (non-hydrogen) atoms. The summed E-state index contributed by atoms with van der Waals surface area (Å²) in [6, 6.07) is 8.14. The lowest BCUT2D eigenvalue weighted by Crippen LogP contribution is -2.50. The number of carbonyl (C=O) groups excluding carboxylic acids is 1. The number of hydrogen-bond acceptors (Lipinski definition) is 4. The van der Waals surface area contributed by atoms with Crippen LogP contribution in [-0.4, -0.2) is 35.9 Å². The Kier molecular flexibility index (Phi) is 3.95. The molecule has 1 aliphatic rings. The van der Waals surface area contributed by atoms with Gasteiger partial charge in [0.2, 0.25) is 5.91 Å². The molecule has 2 unspecified atom stereocenters. The second-order valence-corrected chi connectivity index (χ2v) is 6.91. The number of nitrogens with zero attached hydrogens (tertiary/aromatic N) is 2. The number of carbonyl (C=O) groups is 1. The number of benzene rings is 1. The Labute approximate surface area is 129 Å². The molecule has 4 nitrogen and oxygen atoms in total. The van der Waals surface area contributed by atoms with Gasteiger partial charge in [0.15, 0.2) is 0 Å². The van der Waals surface area contributed by atoms with Gasteiger partial charge in [0.1, 0.15) is 5.01 Å². The highest BCUT2D eigenvalue weighted by Crippen LogP contribution is 2.30. The number of fused-ring (bicyclic) bond motifs is 1. The maximum Gasteiger partial charge on any atom is 0.226 e. The van der Waals surface area contributed by atoms with Crippen LogP contribution in [0.2, 0.25) is 0 Å². The minimum atomic E-state index is 0.0189. The monoisotopic (exact) mass is 303 g/mol. The number of hydrogen-bond donors (Lipinski definition) is 1. The van der Waals surface area contributed by atoms with Crippen molar-refractivity contribution in [2.75, 3.05) is 20.1 Å². The molecule has 1 aliphatic heterocycles. The average molecular weight is 303 g/mol. The molecule has 3 rings (SSSR count). The Hall–Kier alpha value is -1.46. The van der Waals surface area contributed by atoms with E-state index in [0.717, 1.165) is 23.6 Å². The van der Waals surface area contributed by atoms with Crippen LogP contribution >= 0.6 is 11.3 Å². The van der Waals surface area contributed by atoms with Crippen molar-refractivity contribution < 1.29 is 4.79 Å². The van der Waals surface area contributed by atoms with Gasteiger partial charge in [-0.2, -0.15) is 0 Å². The fourth-order valence-corrected chi connectivity index (χ4v) is 3.68. The van der Waals surface area contributed by atoms with Gasteiger partial charge in [0.05, 0.1) is 16.3 Å². The van der Waals surface area contributed by atoms with Crippen molar-refractivity contribution in [3.63, 3.8) is 0 Å². The number of amides is 1. The number of aromatic nitrogens is 1. The van der Waals surface area contributed by atoms with Gasteiger partial charge in [0.25, 0.3) is 0 Å². The third kappa shape index (κ3) is 2.68. The molecule has 112 valence electrons. The van der Waals surface area contributed by atoms with Crippen LogP contribution in [0.5, 0.6) is 0 Å². The molecule has 2 aromatic rings. The summed E-state index contributed by atoms with van der Waals surface area (Å²) in [6.07, 6.45) is 0. The zero-order valence-corrected chi connectivity index (χ0v) is 13.5. The number of nitrogens with one attached hydrogen (secondary N) is 1. The van der Waals surface area contributed by atoms with Crippen molar-refractivity contribution >= 4 is 27.5 Å². The summed E-state index contributed by atoms with van der Waals surface area (Å²) < 4.78 is 1.18. The van der Waals surface area contributed by atoms with Gasteiger partial charge < -0.3 is 10.2 Å². The van der Waals surface area contributed by atoms with Gasteiger partial charge in [-0.25, -0.2) is 4.98 Å². The number of para-hydroxylation sites is 1. The first-order valence-electron chi connectivity index (χ1n) is 7.40. The molecular weight excluding hydrogens is 282 g/mol. The zero-order chi connectivity index (χ0) is 15.0. The second kappa shape index (κ2) is 5.73. The summed E-state index contributed by atoms with van der Waals surface area (Å²) in [6.45, 7) is 6.00. The summed E-state index contributed by atoms with van der Waals surface area (Å²) in [5.41, 5.74) is 1.02. The van der Waals surface area contributed by atoms with Crippen LogP contribution in [0.1, 0.15) is 24.9 Å². The predicted molar refractivity (Wildman–Crippen MR) is 86.3 cm³/mol. The van der Waals surface area contributed by atoms with Crippen molar-refractivity contribution in [2.24, 2.45) is 11.8 Å². The Morgan fingerprint density at radius 2 is 2.10 bits per heavy atom.